The van der Waals surface area contributed by atoms with E-state index < -0.39 is 0 Å². The second-order valence-corrected chi connectivity index (χ2v) is 5.09. The fraction of sp³-hybridized carbons (Fsp3) is 0.0952. The number of hydrazine groups is 1. The summed E-state index contributed by atoms with van der Waals surface area (Å²) < 4.78 is 0. The Morgan fingerprint density at radius 3 is 1.81 bits per heavy atom. The highest BCUT2D eigenvalue weighted by Crippen LogP contribution is 2.18. The van der Waals surface area contributed by atoms with Gasteiger partial charge in [0.1, 0.15) is 0 Å². The standard InChI is InChI=1S/C19H15N3O2.C2H6/c23-18(15-5-2-1-3-6-15)21-22-19(24)16-10-8-14(9-11-16)17-7-4-12-20-13-17;1-2/h1-13H,(H,21,23)(H,22,24);1-2H3. The molecule has 132 valence electrons. The van der Waals surface area contributed by atoms with Crippen LogP contribution in [-0.4, -0.2) is 16.8 Å². The summed E-state index contributed by atoms with van der Waals surface area (Å²) >= 11 is 0. The summed E-state index contributed by atoms with van der Waals surface area (Å²) in [6.07, 6.45) is 3.47. The minimum Gasteiger partial charge on any atom is -0.267 e. The summed E-state index contributed by atoms with van der Waals surface area (Å²) in [6.45, 7) is 4.00. The van der Waals surface area contributed by atoms with Crippen LogP contribution in [-0.2, 0) is 0 Å². The van der Waals surface area contributed by atoms with E-state index in [1.54, 1.807) is 48.8 Å². The van der Waals surface area contributed by atoms with Gasteiger partial charge in [-0.05, 0) is 41.5 Å². The zero-order chi connectivity index (χ0) is 18.8. The highest BCUT2D eigenvalue weighted by atomic mass is 16.2. The van der Waals surface area contributed by atoms with Crippen molar-refractivity contribution in [2.45, 2.75) is 13.8 Å². The maximum Gasteiger partial charge on any atom is 0.269 e. The molecule has 5 nitrogen and oxygen atoms in total. The van der Waals surface area contributed by atoms with Crippen LogP contribution in [0.5, 0.6) is 0 Å². The van der Waals surface area contributed by atoms with Crippen molar-refractivity contribution in [3.05, 3.63) is 90.3 Å². The number of pyridine rings is 1. The Bertz CT molecular complexity index is 832. The van der Waals surface area contributed by atoms with Gasteiger partial charge < -0.3 is 0 Å². The van der Waals surface area contributed by atoms with E-state index in [4.69, 9.17) is 0 Å². The van der Waals surface area contributed by atoms with E-state index in [1.807, 2.05) is 44.2 Å². The van der Waals surface area contributed by atoms with Crippen molar-refractivity contribution >= 4 is 11.8 Å². The smallest absolute Gasteiger partial charge is 0.267 e. The van der Waals surface area contributed by atoms with Crippen LogP contribution >= 0.6 is 0 Å². The van der Waals surface area contributed by atoms with E-state index in [1.165, 1.54) is 0 Å². The van der Waals surface area contributed by atoms with E-state index >= 15 is 0 Å². The molecule has 0 unspecified atom stereocenters. The minimum atomic E-state index is -0.378. The van der Waals surface area contributed by atoms with Gasteiger partial charge in [-0.15, -0.1) is 0 Å². The van der Waals surface area contributed by atoms with Gasteiger partial charge in [0.05, 0.1) is 0 Å². The first-order chi connectivity index (χ1) is 12.7. The molecule has 5 heteroatoms. The van der Waals surface area contributed by atoms with Crippen molar-refractivity contribution < 1.29 is 9.59 Å². The molecule has 2 N–H and O–H groups in total. The number of nitrogens with one attached hydrogen (secondary N) is 2. The average Bonchev–Trinajstić information content (AvgIpc) is 2.74. The number of aromatic nitrogens is 1. The Kier molecular flexibility index (Phi) is 7.06. The Morgan fingerprint density at radius 1 is 0.692 bits per heavy atom. The maximum absolute atomic E-state index is 12.1. The highest BCUT2D eigenvalue weighted by Gasteiger charge is 2.09. The lowest BCUT2D eigenvalue weighted by Gasteiger charge is -2.08. The zero-order valence-electron chi connectivity index (χ0n) is 14.8. The molecular formula is C21H21N3O2. The summed E-state index contributed by atoms with van der Waals surface area (Å²) in [4.78, 5) is 28.0. The van der Waals surface area contributed by atoms with E-state index in [9.17, 15) is 9.59 Å². The molecule has 1 aromatic heterocycles. The topological polar surface area (TPSA) is 71.1 Å². The fourth-order valence-electron chi connectivity index (χ4n) is 2.19. The van der Waals surface area contributed by atoms with Crippen LogP contribution in [0.25, 0.3) is 11.1 Å². The number of hydrogen-bond donors (Lipinski definition) is 2. The second kappa shape index (κ2) is 9.74. The van der Waals surface area contributed by atoms with Crippen LogP contribution < -0.4 is 10.9 Å². The molecule has 26 heavy (non-hydrogen) atoms. The van der Waals surface area contributed by atoms with Gasteiger partial charge in [-0.3, -0.25) is 25.4 Å². The number of carbonyl (C=O) groups excluding carboxylic acids is 2. The lowest BCUT2D eigenvalue weighted by molar-refractivity contribution is 0.0846. The molecule has 0 radical (unpaired) electrons. The molecule has 0 spiro atoms. The first-order valence-electron chi connectivity index (χ1n) is 8.40. The molecule has 0 atom stereocenters. The second-order valence-electron chi connectivity index (χ2n) is 5.09. The predicted molar refractivity (Wildman–Crippen MR) is 102 cm³/mol. The molecule has 0 saturated heterocycles. The number of rotatable bonds is 3. The highest BCUT2D eigenvalue weighted by molar-refractivity contribution is 5.99. The van der Waals surface area contributed by atoms with Gasteiger partial charge in [0.2, 0.25) is 0 Å². The SMILES string of the molecule is CC.O=C(NNC(=O)c1ccc(-c2cccnc2)cc1)c1ccccc1. The van der Waals surface area contributed by atoms with E-state index in [0.717, 1.165) is 11.1 Å². The van der Waals surface area contributed by atoms with E-state index in [0.29, 0.717) is 11.1 Å². The number of nitrogens with zero attached hydrogens (tertiary/aromatic N) is 1. The Labute approximate surface area is 153 Å². The first kappa shape index (κ1) is 18.9. The Hall–Kier alpha value is -3.47. The van der Waals surface area contributed by atoms with Gasteiger partial charge in [0.25, 0.3) is 11.8 Å². The number of amides is 2. The van der Waals surface area contributed by atoms with Gasteiger partial charge in [0, 0.05) is 23.5 Å². The average molecular weight is 347 g/mol. The van der Waals surface area contributed by atoms with Crippen molar-refractivity contribution in [2.75, 3.05) is 0 Å². The van der Waals surface area contributed by atoms with Crippen LogP contribution in [0.2, 0.25) is 0 Å². The van der Waals surface area contributed by atoms with Crippen LogP contribution in [0.15, 0.2) is 79.1 Å². The molecule has 2 amide bonds. The quantitative estimate of drug-likeness (QED) is 0.707. The summed E-state index contributed by atoms with van der Waals surface area (Å²) in [5.74, 6) is -0.743. The fourth-order valence-corrected chi connectivity index (χ4v) is 2.19. The third-order valence-electron chi connectivity index (χ3n) is 3.47. The van der Waals surface area contributed by atoms with Crippen LogP contribution in [0.3, 0.4) is 0 Å². The molecule has 0 saturated carbocycles. The van der Waals surface area contributed by atoms with Crippen LogP contribution in [0.1, 0.15) is 34.6 Å². The molecule has 1 heterocycles. The van der Waals surface area contributed by atoms with Crippen molar-refractivity contribution in [3.8, 4) is 11.1 Å². The number of benzene rings is 2. The maximum atomic E-state index is 12.1. The van der Waals surface area contributed by atoms with Gasteiger partial charge in [-0.2, -0.15) is 0 Å². The van der Waals surface area contributed by atoms with Gasteiger partial charge in [-0.25, -0.2) is 0 Å². The molecular weight excluding hydrogens is 326 g/mol. The summed E-state index contributed by atoms with van der Waals surface area (Å²) in [5.41, 5.74) is 7.67. The third kappa shape index (κ3) is 5.01. The molecule has 3 aromatic rings. The van der Waals surface area contributed by atoms with Crippen LogP contribution in [0.4, 0.5) is 0 Å². The third-order valence-corrected chi connectivity index (χ3v) is 3.47. The monoisotopic (exact) mass is 347 g/mol. The largest absolute Gasteiger partial charge is 0.269 e. The molecule has 3 rings (SSSR count). The summed E-state index contributed by atoms with van der Waals surface area (Å²) in [5, 5.41) is 0. The normalized spacial score (nSPS) is 9.46. The molecule has 0 aliphatic carbocycles. The molecule has 2 aromatic carbocycles. The number of carbonyl (C=O) groups is 2. The molecule has 0 aliphatic heterocycles. The molecule has 0 aliphatic rings. The van der Waals surface area contributed by atoms with Crippen molar-refractivity contribution in [3.63, 3.8) is 0 Å². The van der Waals surface area contributed by atoms with Crippen molar-refractivity contribution in [1.82, 2.24) is 15.8 Å². The molecule has 0 fully saturated rings. The van der Waals surface area contributed by atoms with Crippen molar-refractivity contribution in [2.24, 2.45) is 0 Å². The lowest BCUT2D eigenvalue weighted by atomic mass is 10.1. The summed E-state index contributed by atoms with van der Waals surface area (Å²) in [6, 6.07) is 19.6. The first-order valence-corrected chi connectivity index (χ1v) is 8.40. The zero-order valence-corrected chi connectivity index (χ0v) is 14.8. The van der Waals surface area contributed by atoms with E-state index in [2.05, 4.69) is 15.8 Å². The van der Waals surface area contributed by atoms with Gasteiger partial charge in [-0.1, -0.05) is 50.2 Å². The lowest BCUT2D eigenvalue weighted by Crippen LogP contribution is -2.41. The van der Waals surface area contributed by atoms with Crippen molar-refractivity contribution in [1.29, 1.82) is 0 Å². The number of hydrogen-bond acceptors (Lipinski definition) is 3. The van der Waals surface area contributed by atoms with E-state index in [-0.39, 0.29) is 11.8 Å². The van der Waals surface area contributed by atoms with Gasteiger partial charge >= 0.3 is 0 Å². The Morgan fingerprint density at radius 2 is 1.27 bits per heavy atom. The van der Waals surface area contributed by atoms with Crippen LogP contribution in [0, 0.1) is 0 Å². The summed E-state index contributed by atoms with van der Waals surface area (Å²) in [7, 11) is 0. The molecule has 0 bridgehead atoms. The van der Waals surface area contributed by atoms with Gasteiger partial charge in [0.15, 0.2) is 0 Å². The predicted octanol–water partition coefficient (Wildman–Crippen LogP) is 3.85. The minimum absolute atomic E-state index is 0.365. The Balaban J connectivity index is 0.00000117.